The second kappa shape index (κ2) is 16.5. The fourth-order valence-electron chi connectivity index (χ4n) is 8.13. The molecule has 0 saturated carbocycles. The lowest BCUT2D eigenvalue weighted by Gasteiger charge is -2.21. The molecule has 0 nitrogen and oxygen atoms in total. The normalized spacial score (nSPS) is 11.4. The Morgan fingerprint density at radius 1 is 0.439 bits per heavy atom. The van der Waals surface area contributed by atoms with Crippen LogP contribution < -0.4 is 0 Å². The summed E-state index contributed by atoms with van der Waals surface area (Å²) in [5.41, 5.74) is 23.3. The third-order valence-corrected chi connectivity index (χ3v) is 11.4. The Bertz CT molecular complexity index is 2730. The molecule has 8 aromatic rings. The van der Waals surface area contributed by atoms with E-state index in [-0.39, 0.29) is 0 Å². The van der Waals surface area contributed by atoms with Gasteiger partial charge in [-0.15, -0.1) is 0 Å². The summed E-state index contributed by atoms with van der Waals surface area (Å²) in [7, 11) is 0. The number of benzene rings is 8. The Kier molecular flexibility index (Phi) is 10.8. The van der Waals surface area contributed by atoms with E-state index in [0.717, 1.165) is 12.0 Å². The first kappa shape index (κ1) is 37.2. The van der Waals surface area contributed by atoms with Crippen LogP contribution in [-0.2, 0) is 6.42 Å². The van der Waals surface area contributed by atoms with Crippen molar-refractivity contribution >= 4 is 17.2 Å². The molecule has 57 heavy (non-hydrogen) atoms. The van der Waals surface area contributed by atoms with Gasteiger partial charge < -0.3 is 0 Å². The van der Waals surface area contributed by atoms with Gasteiger partial charge in [-0.05, 0) is 152 Å². The van der Waals surface area contributed by atoms with Crippen LogP contribution in [0.15, 0.2) is 195 Å². The van der Waals surface area contributed by atoms with Crippen LogP contribution in [0.5, 0.6) is 0 Å². The maximum atomic E-state index is 4.87. The predicted molar refractivity (Wildman–Crippen MR) is 247 cm³/mol. The van der Waals surface area contributed by atoms with E-state index in [4.69, 9.17) is 6.58 Å². The minimum Gasteiger partial charge on any atom is -0.0949 e. The Balaban J connectivity index is 1.19. The van der Waals surface area contributed by atoms with Gasteiger partial charge in [-0.1, -0.05) is 189 Å². The van der Waals surface area contributed by atoms with Crippen molar-refractivity contribution in [1.29, 1.82) is 0 Å². The van der Waals surface area contributed by atoms with Crippen LogP contribution in [0.2, 0.25) is 0 Å². The van der Waals surface area contributed by atoms with E-state index in [1.54, 1.807) is 0 Å². The van der Waals surface area contributed by atoms with Gasteiger partial charge in [0, 0.05) is 0 Å². The smallest absolute Gasteiger partial charge is 0.00165 e. The fourth-order valence-corrected chi connectivity index (χ4v) is 8.13. The summed E-state index contributed by atoms with van der Waals surface area (Å²) in [5, 5.41) is 0. The number of allylic oxidation sites excluding steroid dienone is 2. The largest absolute Gasteiger partial charge is 0.0949 e. The standard InChI is InChI=1S/C57H48/c1-39-17-12-14-25-52(39)54-33-34-55(53-26-15-13-18-40(53)2)57(43(54)5)36-42(4)56-38-50(45-21-10-7-11-22-45)31-32-51(56)35-41(3)48-23-16-24-49(37-48)47-29-27-46(28-30-47)44-19-8-6-9-20-44/h6-35,37-38H,4,36H2,1-3,5H3/b41-35+. The molecule has 0 atom stereocenters. The fraction of sp³-hybridized carbons (Fsp3) is 0.0877. The quantitative estimate of drug-likeness (QED) is 0.123. The minimum atomic E-state index is 0.724. The van der Waals surface area contributed by atoms with Crippen molar-refractivity contribution in [2.75, 3.05) is 0 Å². The van der Waals surface area contributed by atoms with Crippen molar-refractivity contribution in [3.05, 3.63) is 234 Å². The highest BCUT2D eigenvalue weighted by molar-refractivity contribution is 5.89. The average Bonchev–Trinajstić information content (AvgIpc) is 3.26. The lowest BCUT2D eigenvalue weighted by Crippen LogP contribution is -2.01. The van der Waals surface area contributed by atoms with Gasteiger partial charge in [0.2, 0.25) is 0 Å². The zero-order valence-corrected chi connectivity index (χ0v) is 33.4. The third-order valence-electron chi connectivity index (χ3n) is 11.4. The molecule has 0 aliphatic heterocycles. The highest BCUT2D eigenvalue weighted by Gasteiger charge is 2.18. The first-order valence-electron chi connectivity index (χ1n) is 19.9. The lowest BCUT2D eigenvalue weighted by atomic mass is 9.83. The predicted octanol–water partition coefficient (Wildman–Crippen LogP) is 15.8. The van der Waals surface area contributed by atoms with Gasteiger partial charge in [-0.3, -0.25) is 0 Å². The van der Waals surface area contributed by atoms with E-state index < -0.39 is 0 Å². The molecule has 0 N–H and O–H groups in total. The zero-order chi connectivity index (χ0) is 39.3. The molecular weight excluding hydrogens is 685 g/mol. The highest BCUT2D eigenvalue weighted by Crippen LogP contribution is 2.39. The maximum Gasteiger partial charge on any atom is -0.00165 e. The van der Waals surface area contributed by atoms with E-state index in [2.05, 4.69) is 222 Å². The van der Waals surface area contributed by atoms with E-state index in [1.165, 1.54) is 100 Å². The Morgan fingerprint density at radius 2 is 0.912 bits per heavy atom. The van der Waals surface area contributed by atoms with E-state index in [0.29, 0.717) is 0 Å². The van der Waals surface area contributed by atoms with Gasteiger partial charge in [0.15, 0.2) is 0 Å². The second-order valence-corrected chi connectivity index (χ2v) is 15.2. The summed E-state index contributed by atoms with van der Waals surface area (Å²) in [6.45, 7) is 13.8. The molecule has 0 heterocycles. The van der Waals surface area contributed by atoms with Crippen LogP contribution in [0.4, 0.5) is 0 Å². The lowest BCUT2D eigenvalue weighted by molar-refractivity contribution is 1.22. The van der Waals surface area contributed by atoms with Gasteiger partial charge in [-0.2, -0.15) is 0 Å². The summed E-state index contributed by atoms with van der Waals surface area (Å²) in [6.07, 6.45) is 3.06. The van der Waals surface area contributed by atoms with E-state index >= 15 is 0 Å². The van der Waals surface area contributed by atoms with E-state index in [9.17, 15) is 0 Å². The Morgan fingerprint density at radius 3 is 1.54 bits per heavy atom. The number of hydrogen-bond donors (Lipinski definition) is 0. The van der Waals surface area contributed by atoms with Gasteiger partial charge in [0.1, 0.15) is 0 Å². The molecule has 0 aromatic heterocycles. The molecule has 276 valence electrons. The average molecular weight is 733 g/mol. The Hall–Kier alpha value is -6.76. The van der Waals surface area contributed by atoms with Crippen LogP contribution >= 0.6 is 0 Å². The van der Waals surface area contributed by atoms with Crippen molar-refractivity contribution in [3.63, 3.8) is 0 Å². The minimum absolute atomic E-state index is 0.724. The molecule has 0 amide bonds. The molecule has 0 radical (unpaired) electrons. The Labute approximate surface area is 339 Å². The first-order valence-corrected chi connectivity index (χ1v) is 19.9. The number of hydrogen-bond acceptors (Lipinski definition) is 0. The van der Waals surface area contributed by atoms with E-state index in [1.807, 2.05) is 0 Å². The van der Waals surface area contributed by atoms with Crippen molar-refractivity contribution in [1.82, 2.24) is 0 Å². The summed E-state index contributed by atoms with van der Waals surface area (Å²) in [5.74, 6) is 0. The van der Waals surface area contributed by atoms with Crippen molar-refractivity contribution in [3.8, 4) is 55.6 Å². The zero-order valence-electron chi connectivity index (χ0n) is 33.4. The molecule has 0 saturated heterocycles. The molecule has 0 fully saturated rings. The molecule has 0 unspecified atom stereocenters. The molecule has 0 aliphatic rings. The SMILES string of the molecule is C=C(Cc1c(-c2ccccc2C)ccc(-c2ccccc2C)c1C)c1cc(-c2ccccc2)ccc1/C=C(\C)c1cccc(-c2ccc(-c3ccccc3)cc2)c1. The molecular formula is C57H48. The molecule has 0 spiro atoms. The molecule has 0 aliphatic carbocycles. The topological polar surface area (TPSA) is 0 Å². The molecule has 8 rings (SSSR count). The van der Waals surface area contributed by atoms with Crippen LogP contribution in [0, 0.1) is 20.8 Å². The molecule has 0 bridgehead atoms. The van der Waals surface area contributed by atoms with Gasteiger partial charge >= 0.3 is 0 Å². The summed E-state index contributed by atoms with van der Waals surface area (Å²) in [4.78, 5) is 0. The van der Waals surface area contributed by atoms with Crippen LogP contribution in [0.3, 0.4) is 0 Å². The number of aryl methyl sites for hydroxylation is 2. The van der Waals surface area contributed by atoms with Crippen LogP contribution in [0.1, 0.15) is 45.9 Å². The first-order chi connectivity index (χ1) is 27.8. The van der Waals surface area contributed by atoms with Gasteiger partial charge in [0.05, 0.1) is 0 Å². The highest BCUT2D eigenvalue weighted by atomic mass is 14.2. The van der Waals surface area contributed by atoms with Crippen molar-refractivity contribution < 1.29 is 0 Å². The third kappa shape index (κ3) is 7.99. The number of rotatable bonds is 10. The van der Waals surface area contributed by atoms with Crippen molar-refractivity contribution in [2.45, 2.75) is 34.1 Å². The molecule has 0 heteroatoms. The monoisotopic (exact) mass is 732 g/mol. The van der Waals surface area contributed by atoms with Crippen LogP contribution in [0.25, 0.3) is 72.9 Å². The summed E-state index contributed by atoms with van der Waals surface area (Å²) < 4.78 is 0. The van der Waals surface area contributed by atoms with Gasteiger partial charge in [0.25, 0.3) is 0 Å². The second-order valence-electron chi connectivity index (χ2n) is 15.2. The van der Waals surface area contributed by atoms with Crippen LogP contribution in [-0.4, -0.2) is 0 Å². The summed E-state index contributed by atoms with van der Waals surface area (Å²) >= 11 is 0. The maximum absolute atomic E-state index is 4.87. The van der Waals surface area contributed by atoms with Crippen molar-refractivity contribution in [2.24, 2.45) is 0 Å². The van der Waals surface area contributed by atoms with Gasteiger partial charge in [-0.25, -0.2) is 0 Å². The molecule has 8 aromatic carbocycles. The summed E-state index contributed by atoms with van der Waals surface area (Å²) in [6, 6.07) is 68.0.